The van der Waals surface area contributed by atoms with Gasteiger partial charge in [0.15, 0.2) is 0 Å². The van der Waals surface area contributed by atoms with E-state index in [4.69, 9.17) is 11.6 Å². The molecular weight excluding hydrogens is 152 g/mol. The van der Waals surface area contributed by atoms with Crippen LogP contribution in [-0.4, -0.2) is 11.0 Å². The quantitative estimate of drug-likeness (QED) is 0.458. The maximum atomic E-state index is 10.7. The fraction of sp³-hybridized carbons (Fsp3) is 0.714. The molecule has 0 aromatic rings. The molecule has 10 heavy (non-hydrogen) atoms. The van der Waals surface area contributed by atoms with Crippen molar-refractivity contribution in [3.05, 3.63) is 0 Å². The zero-order valence-electron chi connectivity index (χ0n) is 6.40. The van der Waals surface area contributed by atoms with Crippen LogP contribution >= 0.6 is 11.6 Å². The lowest BCUT2D eigenvalue weighted by Gasteiger charge is -2.14. The van der Waals surface area contributed by atoms with Crippen molar-refractivity contribution in [3.63, 3.8) is 0 Å². The van der Waals surface area contributed by atoms with Gasteiger partial charge in [-0.3, -0.25) is 9.59 Å². The van der Waals surface area contributed by atoms with Crippen molar-refractivity contribution >= 4 is 22.6 Å². The number of ketones is 1. The molecule has 0 bridgehead atoms. The summed E-state index contributed by atoms with van der Waals surface area (Å²) < 4.78 is 0. The summed E-state index contributed by atoms with van der Waals surface area (Å²) in [5, 5.41) is -0.866. The summed E-state index contributed by atoms with van der Waals surface area (Å²) in [6.45, 7) is 5.64. The van der Waals surface area contributed by atoms with E-state index in [-0.39, 0.29) is 11.8 Å². The Labute approximate surface area is 65.6 Å². The summed E-state index contributed by atoms with van der Waals surface area (Å²) in [4.78, 5) is 20.9. The molecule has 0 atom stereocenters. The third-order valence-corrected chi connectivity index (χ3v) is 1.12. The van der Waals surface area contributed by atoms with E-state index in [0.717, 1.165) is 0 Å². The molecule has 0 aliphatic rings. The minimum Gasteiger partial charge on any atom is -0.289 e. The van der Waals surface area contributed by atoms with Gasteiger partial charge in [-0.15, -0.1) is 0 Å². The Bertz CT molecular complexity index is 155. The molecule has 0 unspecified atom stereocenters. The first-order chi connectivity index (χ1) is 4.33. The van der Waals surface area contributed by atoms with Crippen molar-refractivity contribution in [2.45, 2.75) is 27.2 Å². The van der Waals surface area contributed by atoms with Gasteiger partial charge >= 0.3 is 0 Å². The van der Waals surface area contributed by atoms with Crippen molar-refractivity contribution in [2.24, 2.45) is 5.41 Å². The maximum Gasteiger partial charge on any atom is 0.288 e. The van der Waals surface area contributed by atoms with Crippen LogP contribution in [0.25, 0.3) is 0 Å². The average molecular weight is 163 g/mol. The molecule has 0 radical (unpaired) electrons. The van der Waals surface area contributed by atoms with Gasteiger partial charge in [-0.05, 0) is 17.0 Å². The molecule has 0 fully saturated rings. The second-order valence-corrected chi connectivity index (χ2v) is 3.78. The van der Waals surface area contributed by atoms with Gasteiger partial charge in [0, 0.05) is 6.42 Å². The standard InChI is InChI=1S/C7H11ClO2/c1-7(2,3)4-5(9)6(8)10/h4H2,1-3H3. The van der Waals surface area contributed by atoms with Gasteiger partial charge in [-0.1, -0.05) is 20.8 Å². The third kappa shape index (κ3) is 4.50. The number of halogens is 1. The smallest absolute Gasteiger partial charge is 0.288 e. The highest BCUT2D eigenvalue weighted by molar-refractivity contribution is 6.81. The summed E-state index contributed by atoms with van der Waals surface area (Å²) in [5.41, 5.74) is -0.151. The van der Waals surface area contributed by atoms with Gasteiger partial charge in [-0.25, -0.2) is 0 Å². The second kappa shape index (κ2) is 3.15. The number of hydrogen-bond donors (Lipinski definition) is 0. The topological polar surface area (TPSA) is 34.1 Å². The first-order valence-corrected chi connectivity index (χ1v) is 3.43. The van der Waals surface area contributed by atoms with Gasteiger partial charge in [0.25, 0.3) is 5.24 Å². The van der Waals surface area contributed by atoms with Crippen molar-refractivity contribution in [1.29, 1.82) is 0 Å². The minimum atomic E-state index is -0.866. The predicted octanol–water partition coefficient (Wildman–Crippen LogP) is 1.76. The highest BCUT2D eigenvalue weighted by Gasteiger charge is 2.19. The first kappa shape index (κ1) is 9.63. The highest BCUT2D eigenvalue weighted by atomic mass is 35.5. The molecular formula is C7H11ClO2. The molecule has 0 aromatic heterocycles. The number of carbonyl (C=O) groups excluding carboxylic acids is 2. The highest BCUT2D eigenvalue weighted by Crippen LogP contribution is 2.18. The van der Waals surface area contributed by atoms with E-state index in [9.17, 15) is 9.59 Å². The molecule has 58 valence electrons. The SMILES string of the molecule is CC(C)(C)CC(=O)C(=O)Cl. The lowest BCUT2D eigenvalue weighted by molar-refractivity contribution is -0.133. The van der Waals surface area contributed by atoms with Gasteiger partial charge in [0.05, 0.1) is 0 Å². The molecule has 0 aliphatic carbocycles. The predicted molar refractivity (Wildman–Crippen MR) is 39.9 cm³/mol. The maximum absolute atomic E-state index is 10.7. The molecule has 0 rings (SSSR count). The minimum absolute atomic E-state index is 0.151. The van der Waals surface area contributed by atoms with Crippen LogP contribution in [0.4, 0.5) is 0 Å². The summed E-state index contributed by atoms with van der Waals surface area (Å²) >= 11 is 4.95. The van der Waals surface area contributed by atoms with Crippen LogP contribution in [0.5, 0.6) is 0 Å². The van der Waals surface area contributed by atoms with E-state index in [2.05, 4.69) is 0 Å². The molecule has 0 saturated carbocycles. The summed E-state index contributed by atoms with van der Waals surface area (Å²) in [7, 11) is 0. The van der Waals surface area contributed by atoms with Crippen molar-refractivity contribution in [3.8, 4) is 0 Å². The Morgan fingerprint density at radius 3 is 1.80 bits per heavy atom. The van der Waals surface area contributed by atoms with Crippen LogP contribution < -0.4 is 0 Å². The van der Waals surface area contributed by atoms with Crippen LogP contribution in [-0.2, 0) is 9.59 Å². The first-order valence-electron chi connectivity index (χ1n) is 3.05. The molecule has 0 saturated heterocycles. The van der Waals surface area contributed by atoms with Crippen LogP contribution in [0, 0.1) is 5.41 Å². The number of carbonyl (C=O) groups is 2. The molecule has 0 spiro atoms. The fourth-order valence-electron chi connectivity index (χ4n) is 0.551. The molecule has 2 nitrogen and oxygen atoms in total. The van der Waals surface area contributed by atoms with E-state index in [1.165, 1.54) is 0 Å². The summed E-state index contributed by atoms with van der Waals surface area (Å²) in [6.07, 6.45) is 0.218. The Hall–Kier alpha value is -0.370. The summed E-state index contributed by atoms with van der Waals surface area (Å²) in [5.74, 6) is -0.505. The van der Waals surface area contributed by atoms with Crippen LogP contribution in [0.2, 0.25) is 0 Å². The van der Waals surface area contributed by atoms with E-state index >= 15 is 0 Å². The molecule has 0 aliphatic heterocycles. The molecule has 0 heterocycles. The van der Waals surface area contributed by atoms with E-state index < -0.39 is 11.0 Å². The van der Waals surface area contributed by atoms with E-state index in [0.29, 0.717) is 0 Å². The van der Waals surface area contributed by atoms with Gasteiger partial charge in [-0.2, -0.15) is 0 Å². The average Bonchev–Trinajstić information content (AvgIpc) is 1.60. The van der Waals surface area contributed by atoms with Crippen LogP contribution in [0.1, 0.15) is 27.2 Å². The second-order valence-electron chi connectivity index (χ2n) is 3.43. The lowest BCUT2D eigenvalue weighted by atomic mass is 9.90. The lowest BCUT2D eigenvalue weighted by Crippen LogP contribution is -2.16. The van der Waals surface area contributed by atoms with Crippen molar-refractivity contribution in [2.75, 3.05) is 0 Å². The van der Waals surface area contributed by atoms with Crippen molar-refractivity contribution < 1.29 is 9.59 Å². The zero-order chi connectivity index (χ0) is 8.36. The number of hydrogen-bond acceptors (Lipinski definition) is 2. The number of rotatable bonds is 2. The van der Waals surface area contributed by atoms with Gasteiger partial charge in [0.2, 0.25) is 5.78 Å². The summed E-state index contributed by atoms with van der Waals surface area (Å²) in [6, 6.07) is 0. The molecule has 0 N–H and O–H groups in total. The fourth-order valence-corrected chi connectivity index (χ4v) is 0.618. The Kier molecular flexibility index (Phi) is 3.03. The number of Topliss-reactive ketones (excluding diaryl/α,β-unsaturated/α-hetero) is 1. The van der Waals surface area contributed by atoms with Crippen LogP contribution in [0.3, 0.4) is 0 Å². The van der Waals surface area contributed by atoms with E-state index in [1.807, 2.05) is 20.8 Å². The van der Waals surface area contributed by atoms with E-state index in [1.54, 1.807) is 0 Å². The molecule has 3 heteroatoms. The largest absolute Gasteiger partial charge is 0.289 e. The monoisotopic (exact) mass is 162 g/mol. The Morgan fingerprint density at radius 1 is 1.30 bits per heavy atom. The molecule has 0 aromatic carbocycles. The van der Waals surface area contributed by atoms with Gasteiger partial charge in [0.1, 0.15) is 0 Å². The normalized spacial score (nSPS) is 11.2. The van der Waals surface area contributed by atoms with Gasteiger partial charge < -0.3 is 0 Å². The Balaban J connectivity index is 3.93. The molecule has 0 amide bonds. The third-order valence-electron chi connectivity index (χ3n) is 0.910. The van der Waals surface area contributed by atoms with Crippen LogP contribution in [0.15, 0.2) is 0 Å². The Morgan fingerprint density at radius 2 is 1.70 bits per heavy atom. The zero-order valence-corrected chi connectivity index (χ0v) is 7.16. The van der Waals surface area contributed by atoms with Crippen molar-refractivity contribution in [1.82, 2.24) is 0 Å².